The molecule has 2 unspecified atom stereocenters. The molecule has 1 N–H and O–H groups in total. The Morgan fingerprint density at radius 3 is 2.67 bits per heavy atom. The fourth-order valence-electron chi connectivity index (χ4n) is 1.68. The van der Waals surface area contributed by atoms with Crippen molar-refractivity contribution in [3.05, 3.63) is 28.2 Å². The van der Waals surface area contributed by atoms with Crippen molar-refractivity contribution in [3.63, 3.8) is 0 Å². The number of hydrogen-bond donors (Lipinski definition) is 1. The van der Waals surface area contributed by atoms with Gasteiger partial charge < -0.3 is 14.8 Å². The molecule has 18 heavy (non-hydrogen) atoms. The maximum atomic E-state index is 6.00. The fourth-order valence-corrected chi connectivity index (χ4v) is 2.02. The van der Waals surface area contributed by atoms with Gasteiger partial charge >= 0.3 is 0 Å². The second-order valence-corrected chi connectivity index (χ2v) is 5.32. The molecule has 102 valence electrons. The lowest BCUT2D eigenvalue weighted by Gasteiger charge is -2.20. The zero-order valence-corrected chi connectivity index (χ0v) is 13.1. The standard InChI is InChI=1S/C14H22BrNO2/c1-10(7-8-17-4)18-14-9-12(15)5-6-13(14)11(2)16-3/h5-6,9-11,16H,7-8H2,1-4H3. The van der Waals surface area contributed by atoms with Gasteiger partial charge in [-0.2, -0.15) is 0 Å². The van der Waals surface area contributed by atoms with Gasteiger partial charge in [-0.15, -0.1) is 0 Å². The highest BCUT2D eigenvalue weighted by Gasteiger charge is 2.13. The molecule has 0 aromatic heterocycles. The van der Waals surface area contributed by atoms with E-state index in [4.69, 9.17) is 9.47 Å². The van der Waals surface area contributed by atoms with E-state index < -0.39 is 0 Å². The van der Waals surface area contributed by atoms with E-state index in [1.807, 2.05) is 19.2 Å². The van der Waals surface area contributed by atoms with Crippen LogP contribution in [0.2, 0.25) is 0 Å². The predicted octanol–water partition coefficient (Wildman–Crippen LogP) is 3.53. The van der Waals surface area contributed by atoms with Crippen molar-refractivity contribution in [2.24, 2.45) is 0 Å². The summed E-state index contributed by atoms with van der Waals surface area (Å²) in [6.45, 7) is 4.90. The van der Waals surface area contributed by atoms with Crippen LogP contribution in [-0.2, 0) is 4.74 Å². The van der Waals surface area contributed by atoms with Crippen molar-refractivity contribution < 1.29 is 9.47 Å². The first kappa shape index (κ1) is 15.5. The summed E-state index contributed by atoms with van der Waals surface area (Å²) in [7, 11) is 3.66. The summed E-state index contributed by atoms with van der Waals surface area (Å²) >= 11 is 3.48. The van der Waals surface area contributed by atoms with Gasteiger partial charge in [-0.25, -0.2) is 0 Å². The minimum atomic E-state index is 0.141. The van der Waals surface area contributed by atoms with Gasteiger partial charge in [-0.05, 0) is 33.0 Å². The van der Waals surface area contributed by atoms with E-state index in [0.717, 1.165) is 16.6 Å². The van der Waals surface area contributed by atoms with Crippen LogP contribution in [0.3, 0.4) is 0 Å². The summed E-state index contributed by atoms with van der Waals surface area (Å²) in [5.41, 5.74) is 1.17. The molecule has 0 saturated carbocycles. The van der Waals surface area contributed by atoms with E-state index in [-0.39, 0.29) is 12.1 Å². The molecular formula is C14H22BrNO2. The van der Waals surface area contributed by atoms with Gasteiger partial charge in [0, 0.05) is 36.2 Å². The van der Waals surface area contributed by atoms with Crippen molar-refractivity contribution in [2.75, 3.05) is 20.8 Å². The lowest BCUT2D eigenvalue weighted by atomic mass is 10.1. The number of halogens is 1. The Morgan fingerprint density at radius 1 is 1.33 bits per heavy atom. The molecule has 1 aromatic carbocycles. The zero-order valence-electron chi connectivity index (χ0n) is 11.5. The molecule has 0 saturated heterocycles. The highest BCUT2D eigenvalue weighted by atomic mass is 79.9. The Labute approximate surface area is 118 Å². The molecule has 0 aliphatic heterocycles. The van der Waals surface area contributed by atoms with Gasteiger partial charge in [0.25, 0.3) is 0 Å². The highest BCUT2D eigenvalue weighted by molar-refractivity contribution is 9.10. The van der Waals surface area contributed by atoms with Crippen molar-refractivity contribution >= 4 is 15.9 Å². The summed E-state index contributed by atoms with van der Waals surface area (Å²) < 4.78 is 12.1. The minimum absolute atomic E-state index is 0.141. The molecule has 0 amide bonds. The van der Waals surface area contributed by atoms with Crippen LogP contribution in [0.15, 0.2) is 22.7 Å². The number of methoxy groups -OCH3 is 1. The first-order chi connectivity index (χ1) is 8.58. The van der Waals surface area contributed by atoms with Crippen molar-refractivity contribution in [2.45, 2.75) is 32.4 Å². The maximum absolute atomic E-state index is 6.00. The van der Waals surface area contributed by atoms with E-state index in [1.54, 1.807) is 7.11 Å². The molecule has 2 atom stereocenters. The van der Waals surface area contributed by atoms with Crippen LogP contribution in [0.5, 0.6) is 5.75 Å². The van der Waals surface area contributed by atoms with Crippen LogP contribution in [-0.4, -0.2) is 26.9 Å². The first-order valence-electron chi connectivity index (χ1n) is 6.20. The van der Waals surface area contributed by atoms with Crippen molar-refractivity contribution in [1.82, 2.24) is 5.32 Å². The van der Waals surface area contributed by atoms with Crippen molar-refractivity contribution in [3.8, 4) is 5.75 Å². The van der Waals surface area contributed by atoms with Crippen LogP contribution in [0.25, 0.3) is 0 Å². The van der Waals surface area contributed by atoms with Crippen LogP contribution in [0.4, 0.5) is 0 Å². The summed E-state index contributed by atoms with van der Waals surface area (Å²) in [6.07, 6.45) is 1.03. The third-order valence-electron chi connectivity index (χ3n) is 2.93. The van der Waals surface area contributed by atoms with Crippen LogP contribution in [0.1, 0.15) is 31.9 Å². The molecule has 0 spiro atoms. The molecule has 0 aliphatic carbocycles. The normalized spacial score (nSPS) is 14.3. The average molecular weight is 316 g/mol. The molecule has 0 aliphatic rings. The van der Waals surface area contributed by atoms with E-state index in [2.05, 4.69) is 41.2 Å². The lowest BCUT2D eigenvalue weighted by molar-refractivity contribution is 0.134. The van der Waals surface area contributed by atoms with Gasteiger partial charge in [0.2, 0.25) is 0 Å². The number of ether oxygens (including phenoxy) is 2. The van der Waals surface area contributed by atoms with Crippen LogP contribution >= 0.6 is 15.9 Å². The Hall–Kier alpha value is -0.580. The number of benzene rings is 1. The Kier molecular flexibility index (Phi) is 6.68. The van der Waals surface area contributed by atoms with E-state index in [0.29, 0.717) is 6.61 Å². The largest absolute Gasteiger partial charge is 0.490 e. The van der Waals surface area contributed by atoms with E-state index in [1.165, 1.54) is 5.56 Å². The summed E-state index contributed by atoms with van der Waals surface area (Å²) in [4.78, 5) is 0. The number of hydrogen-bond acceptors (Lipinski definition) is 3. The highest BCUT2D eigenvalue weighted by Crippen LogP contribution is 2.29. The molecule has 1 aromatic rings. The second-order valence-electron chi connectivity index (χ2n) is 4.40. The second kappa shape index (κ2) is 7.77. The maximum Gasteiger partial charge on any atom is 0.125 e. The molecule has 4 heteroatoms. The molecular weight excluding hydrogens is 294 g/mol. The average Bonchev–Trinajstić information content (AvgIpc) is 2.35. The molecule has 3 nitrogen and oxygen atoms in total. The quantitative estimate of drug-likeness (QED) is 0.835. The molecule has 0 fully saturated rings. The monoisotopic (exact) mass is 315 g/mol. The van der Waals surface area contributed by atoms with Gasteiger partial charge in [0.1, 0.15) is 5.75 Å². The van der Waals surface area contributed by atoms with E-state index >= 15 is 0 Å². The first-order valence-corrected chi connectivity index (χ1v) is 7.00. The van der Waals surface area contributed by atoms with Crippen molar-refractivity contribution in [1.29, 1.82) is 0 Å². The van der Waals surface area contributed by atoms with Gasteiger partial charge in [0.15, 0.2) is 0 Å². The molecule has 1 rings (SSSR count). The van der Waals surface area contributed by atoms with Gasteiger partial charge in [0.05, 0.1) is 6.10 Å². The third kappa shape index (κ3) is 4.59. The molecule has 0 radical (unpaired) electrons. The minimum Gasteiger partial charge on any atom is -0.490 e. The Balaban J connectivity index is 2.81. The van der Waals surface area contributed by atoms with Crippen LogP contribution in [0, 0.1) is 0 Å². The summed E-state index contributed by atoms with van der Waals surface area (Å²) in [6, 6.07) is 6.41. The van der Waals surface area contributed by atoms with Crippen LogP contribution < -0.4 is 10.1 Å². The predicted molar refractivity (Wildman–Crippen MR) is 78.2 cm³/mol. The summed E-state index contributed by atoms with van der Waals surface area (Å²) in [5, 5.41) is 3.24. The number of nitrogens with one attached hydrogen (secondary N) is 1. The topological polar surface area (TPSA) is 30.5 Å². The van der Waals surface area contributed by atoms with Gasteiger partial charge in [-0.3, -0.25) is 0 Å². The fraction of sp³-hybridized carbons (Fsp3) is 0.571. The van der Waals surface area contributed by atoms with E-state index in [9.17, 15) is 0 Å². The number of rotatable bonds is 7. The zero-order chi connectivity index (χ0) is 13.5. The third-order valence-corrected chi connectivity index (χ3v) is 3.43. The van der Waals surface area contributed by atoms with Gasteiger partial charge in [-0.1, -0.05) is 22.0 Å². The smallest absolute Gasteiger partial charge is 0.125 e. The molecule has 0 bridgehead atoms. The Bertz CT molecular complexity index is 371. The Morgan fingerprint density at radius 2 is 2.06 bits per heavy atom. The summed E-state index contributed by atoms with van der Waals surface area (Å²) in [5.74, 6) is 0.926. The SMILES string of the molecule is CNC(C)c1ccc(Br)cc1OC(C)CCOC. The lowest BCUT2D eigenvalue weighted by Crippen LogP contribution is -2.18. The molecule has 0 heterocycles.